The number of aliphatic hydroxyl groups is 1. The quantitative estimate of drug-likeness (QED) is 0.912. The molecule has 3 nitrogen and oxygen atoms in total. The molecule has 110 valence electrons. The van der Waals surface area contributed by atoms with E-state index in [1.54, 1.807) is 0 Å². The number of ether oxygens (including phenoxy) is 1. The lowest BCUT2D eigenvalue weighted by molar-refractivity contribution is 0.153. The second-order valence-corrected chi connectivity index (χ2v) is 5.51. The van der Waals surface area contributed by atoms with Gasteiger partial charge < -0.3 is 9.84 Å². The van der Waals surface area contributed by atoms with E-state index in [9.17, 15) is 5.11 Å². The zero-order valence-electron chi connectivity index (χ0n) is 12.1. The van der Waals surface area contributed by atoms with Gasteiger partial charge in [-0.2, -0.15) is 0 Å². The Kier molecular flexibility index (Phi) is 4.53. The number of benzene rings is 2. The van der Waals surface area contributed by atoms with Crippen molar-refractivity contribution in [3.63, 3.8) is 0 Å². The van der Waals surface area contributed by atoms with E-state index >= 15 is 0 Å². The van der Waals surface area contributed by atoms with Crippen LogP contribution in [0.5, 0.6) is 11.5 Å². The summed E-state index contributed by atoms with van der Waals surface area (Å²) in [6.45, 7) is 2.19. The summed E-state index contributed by atoms with van der Waals surface area (Å²) in [6.07, 6.45) is 2.27. The van der Waals surface area contributed by atoms with Crippen LogP contribution in [0, 0.1) is 0 Å². The Hall–Kier alpha value is -1.84. The van der Waals surface area contributed by atoms with Gasteiger partial charge in [-0.3, -0.25) is 4.90 Å². The third-order valence-electron chi connectivity index (χ3n) is 3.97. The molecule has 1 aliphatic rings. The molecule has 0 unspecified atom stereocenters. The lowest BCUT2D eigenvalue weighted by Crippen LogP contribution is -2.31. The predicted octanol–water partition coefficient (Wildman–Crippen LogP) is 3.44. The molecule has 1 fully saturated rings. The number of nitrogens with zero attached hydrogens (tertiary/aromatic N) is 1. The van der Waals surface area contributed by atoms with Crippen molar-refractivity contribution >= 4 is 0 Å². The zero-order valence-corrected chi connectivity index (χ0v) is 12.1. The van der Waals surface area contributed by atoms with Crippen molar-refractivity contribution in [1.29, 1.82) is 0 Å². The van der Waals surface area contributed by atoms with Gasteiger partial charge in [0.15, 0.2) is 0 Å². The highest BCUT2D eigenvalue weighted by molar-refractivity contribution is 5.33. The van der Waals surface area contributed by atoms with Gasteiger partial charge in [0.05, 0.1) is 6.61 Å². The molecule has 3 heteroatoms. The topological polar surface area (TPSA) is 32.7 Å². The maximum absolute atomic E-state index is 9.40. The molecule has 0 radical (unpaired) electrons. The Labute approximate surface area is 125 Å². The maximum atomic E-state index is 9.40. The Balaban J connectivity index is 1.68. The number of aliphatic hydroxyl groups excluding tert-OH is 1. The van der Waals surface area contributed by atoms with Gasteiger partial charge in [-0.25, -0.2) is 0 Å². The number of para-hydroxylation sites is 1. The fourth-order valence-corrected chi connectivity index (χ4v) is 2.88. The average Bonchev–Trinajstić information content (AvgIpc) is 2.96. The number of rotatable bonds is 5. The van der Waals surface area contributed by atoms with Crippen molar-refractivity contribution in [2.45, 2.75) is 25.4 Å². The first-order chi connectivity index (χ1) is 10.3. The summed E-state index contributed by atoms with van der Waals surface area (Å²) < 4.78 is 5.87. The smallest absolute Gasteiger partial charge is 0.127 e. The standard InChI is InChI=1S/C18H21NO2/c20-14-16-7-5-11-19(16)13-15-6-4-10-18(12-15)21-17-8-2-1-3-9-17/h1-4,6,8-10,12,16,20H,5,7,11,13-14H2/t16-/m1/s1. The lowest BCUT2D eigenvalue weighted by Gasteiger charge is -2.22. The fraction of sp³-hybridized carbons (Fsp3) is 0.333. The second-order valence-electron chi connectivity index (χ2n) is 5.51. The molecule has 0 bridgehead atoms. The Bertz CT molecular complexity index is 570. The van der Waals surface area contributed by atoms with E-state index in [-0.39, 0.29) is 6.61 Å². The first-order valence-corrected chi connectivity index (χ1v) is 7.52. The van der Waals surface area contributed by atoms with Crippen molar-refractivity contribution in [2.75, 3.05) is 13.2 Å². The molecule has 1 aliphatic heterocycles. The van der Waals surface area contributed by atoms with Crippen LogP contribution in [-0.2, 0) is 6.54 Å². The van der Waals surface area contributed by atoms with Gasteiger partial charge in [-0.05, 0) is 49.2 Å². The van der Waals surface area contributed by atoms with E-state index < -0.39 is 0 Å². The normalized spacial score (nSPS) is 18.8. The van der Waals surface area contributed by atoms with Gasteiger partial charge in [-0.1, -0.05) is 30.3 Å². The third-order valence-corrected chi connectivity index (χ3v) is 3.97. The number of hydrogen-bond acceptors (Lipinski definition) is 3. The van der Waals surface area contributed by atoms with Crippen molar-refractivity contribution in [3.05, 3.63) is 60.2 Å². The molecule has 1 atom stereocenters. The SMILES string of the molecule is OC[C@H]1CCCN1Cc1cccc(Oc2ccccc2)c1. The van der Waals surface area contributed by atoms with Gasteiger partial charge in [0.25, 0.3) is 0 Å². The minimum atomic E-state index is 0.250. The second kappa shape index (κ2) is 6.74. The third kappa shape index (κ3) is 3.63. The Morgan fingerprint density at radius 1 is 1.05 bits per heavy atom. The minimum Gasteiger partial charge on any atom is -0.457 e. The largest absolute Gasteiger partial charge is 0.457 e. The highest BCUT2D eigenvalue weighted by Crippen LogP contribution is 2.24. The van der Waals surface area contributed by atoms with Crippen LogP contribution < -0.4 is 4.74 Å². The van der Waals surface area contributed by atoms with E-state index in [2.05, 4.69) is 17.0 Å². The van der Waals surface area contributed by atoms with Crippen LogP contribution in [0.3, 0.4) is 0 Å². The summed E-state index contributed by atoms with van der Waals surface area (Å²) >= 11 is 0. The molecular formula is C18H21NO2. The summed E-state index contributed by atoms with van der Waals surface area (Å²) in [5.41, 5.74) is 1.23. The van der Waals surface area contributed by atoms with E-state index in [1.807, 2.05) is 42.5 Å². The maximum Gasteiger partial charge on any atom is 0.127 e. The van der Waals surface area contributed by atoms with Gasteiger partial charge in [0, 0.05) is 12.6 Å². The number of hydrogen-bond donors (Lipinski definition) is 1. The molecule has 0 saturated carbocycles. The molecule has 2 aromatic carbocycles. The summed E-state index contributed by atoms with van der Waals surface area (Å²) in [6, 6.07) is 18.3. The first-order valence-electron chi connectivity index (χ1n) is 7.52. The van der Waals surface area contributed by atoms with Gasteiger partial charge >= 0.3 is 0 Å². The Morgan fingerprint density at radius 2 is 1.86 bits per heavy atom. The number of likely N-dealkylation sites (tertiary alicyclic amines) is 1. The molecule has 0 amide bonds. The molecule has 21 heavy (non-hydrogen) atoms. The zero-order chi connectivity index (χ0) is 14.5. The van der Waals surface area contributed by atoms with Crippen LogP contribution in [0.25, 0.3) is 0 Å². The predicted molar refractivity (Wildman–Crippen MR) is 83.5 cm³/mol. The van der Waals surface area contributed by atoms with Crippen molar-refractivity contribution in [1.82, 2.24) is 4.90 Å². The Morgan fingerprint density at radius 3 is 2.67 bits per heavy atom. The van der Waals surface area contributed by atoms with Gasteiger partial charge in [-0.15, -0.1) is 0 Å². The monoisotopic (exact) mass is 283 g/mol. The van der Waals surface area contributed by atoms with E-state index in [0.717, 1.165) is 31.0 Å². The van der Waals surface area contributed by atoms with Crippen LogP contribution in [0.1, 0.15) is 18.4 Å². The molecule has 3 rings (SSSR count). The van der Waals surface area contributed by atoms with E-state index in [4.69, 9.17) is 4.74 Å². The molecule has 1 N–H and O–H groups in total. The van der Waals surface area contributed by atoms with E-state index in [0.29, 0.717) is 6.04 Å². The van der Waals surface area contributed by atoms with Crippen molar-refractivity contribution < 1.29 is 9.84 Å². The van der Waals surface area contributed by atoms with Crippen molar-refractivity contribution in [3.8, 4) is 11.5 Å². The average molecular weight is 283 g/mol. The molecule has 0 aromatic heterocycles. The molecule has 1 saturated heterocycles. The van der Waals surface area contributed by atoms with Crippen LogP contribution in [0.15, 0.2) is 54.6 Å². The van der Waals surface area contributed by atoms with Crippen LogP contribution in [-0.4, -0.2) is 29.2 Å². The summed E-state index contributed by atoms with van der Waals surface area (Å²) in [4.78, 5) is 2.35. The lowest BCUT2D eigenvalue weighted by atomic mass is 10.2. The first kappa shape index (κ1) is 14.1. The molecular weight excluding hydrogens is 262 g/mol. The molecule has 0 spiro atoms. The fourth-order valence-electron chi connectivity index (χ4n) is 2.88. The van der Waals surface area contributed by atoms with Gasteiger partial charge in [0.1, 0.15) is 11.5 Å². The van der Waals surface area contributed by atoms with Crippen LogP contribution in [0.2, 0.25) is 0 Å². The van der Waals surface area contributed by atoms with Gasteiger partial charge in [0.2, 0.25) is 0 Å². The van der Waals surface area contributed by atoms with E-state index in [1.165, 1.54) is 12.0 Å². The summed E-state index contributed by atoms with van der Waals surface area (Å²) in [5.74, 6) is 1.71. The molecule has 1 heterocycles. The van der Waals surface area contributed by atoms with Crippen molar-refractivity contribution in [2.24, 2.45) is 0 Å². The highest BCUT2D eigenvalue weighted by Gasteiger charge is 2.23. The summed E-state index contributed by atoms with van der Waals surface area (Å²) in [7, 11) is 0. The minimum absolute atomic E-state index is 0.250. The van der Waals surface area contributed by atoms with Crippen LogP contribution >= 0.6 is 0 Å². The highest BCUT2D eigenvalue weighted by atomic mass is 16.5. The molecule has 2 aromatic rings. The summed E-state index contributed by atoms with van der Waals surface area (Å²) in [5, 5.41) is 9.40. The molecule has 0 aliphatic carbocycles. The van der Waals surface area contributed by atoms with Crippen LogP contribution in [0.4, 0.5) is 0 Å².